The van der Waals surface area contributed by atoms with E-state index < -0.39 is 0 Å². The molecule has 1 saturated heterocycles. The maximum absolute atomic E-state index is 12.2. The molecule has 0 radical (unpaired) electrons. The molecular formula is C14H28N2O2. The van der Waals surface area contributed by atoms with Crippen LogP contribution in [0.3, 0.4) is 0 Å². The number of carbonyl (C=O) groups excluding carboxylic acids is 1. The second kappa shape index (κ2) is 8.48. The minimum atomic E-state index is 0.0586. The van der Waals surface area contributed by atoms with E-state index in [-0.39, 0.29) is 12.5 Å². The van der Waals surface area contributed by atoms with Crippen LogP contribution >= 0.6 is 0 Å². The van der Waals surface area contributed by atoms with E-state index in [1.807, 2.05) is 4.90 Å². The van der Waals surface area contributed by atoms with Gasteiger partial charge in [-0.25, -0.2) is 0 Å². The fourth-order valence-electron chi connectivity index (χ4n) is 2.54. The third kappa shape index (κ3) is 4.94. The number of unbranched alkanes of at least 4 members (excludes halogenated alkanes) is 1. The molecule has 0 aromatic carbocycles. The molecule has 4 nitrogen and oxygen atoms in total. The lowest BCUT2D eigenvalue weighted by Gasteiger charge is -2.31. The molecule has 0 aliphatic carbocycles. The number of nitrogens with zero attached hydrogens (tertiary/aromatic N) is 1. The summed E-state index contributed by atoms with van der Waals surface area (Å²) in [7, 11) is 0. The van der Waals surface area contributed by atoms with Gasteiger partial charge in [0.25, 0.3) is 0 Å². The summed E-state index contributed by atoms with van der Waals surface area (Å²) in [6.45, 7) is 6.66. The van der Waals surface area contributed by atoms with Crippen molar-refractivity contribution in [2.24, 2.45) is 5.92 Å². The third-order valence-corrected chi connectivity index (χ3v) is 3.83. The van der Waals surface area contributed by atoms with Crippen LogP contribution in [0.25, 0.3) is 0 Å². The van der Waals surface area contributed by atoms with Crippen molar-refractivity contribution >= 4 is 5.91 Å². The van der Waals surface area contributed by atoms with Crippen LogP contribution in [0.5, 0.6) is 0 Å². The molecule has 0 aromatic heterocycles. The summed E-state index contributed by atoms with van der Waals surface area (Å²) >= 11 is 0. The van der Waals surface area contributed by atoms with Gasteiger partial charge in [-0.1, -0.05) is 20.3 Å². The Bertz CT molecular complexity index is 246. The first-order valence-corrected chi connectivity index (χ1v) is 7.31. The molecular weight excluding hydrogens is 228 g/mol. The predicted octanol–water partition coefficient (Wildman–Crippen LogP) is 1.39. The van der Waals surface area contributed by atoms with E-state index in [4.69, 9.17) is 5.11 Å². The maximum atomic E-state index is 12.2. The molecule has 0 spiro atoms. The predicted molar refractivity (Wildman–Crippen MR) is 73.4 cm³/mol. The van der Waals surface area contributed by atoms with Crippen molar-refractivity contribution in [3.05, 3.63) is 0 Å². The van der Waals surface area contributed by atoms with Crippen molar-refractivity contribution < 1.29 is 9.90 Å². The molecule has 0 saturated carbocycles. The van der Waals surface area contributed by atoms with E-state index >= 15 is 0 Å². The summed E-state index contributed by atoms with van der Waals surface area (Å²) in [4.78, 5) is 14.0. The van der Waals surface area contributed by atoms with Crippen molar-refractivity contribution in [3.8, 4) is 0 Å². The van der Waals surface area contributed by atoms with Gasteiger partial charge in [-0.3, -0.25) is 4.79 Å². The van der Waals surface area contributed by atoms with Gasteiger partial charge in [0, 0.05) is 25.6 Å². The Morgan fingerprint density at radius 2 is 2.22 bits per heavy atom. The number of aliphatic hydroxyl groups is 1. The lowest BCUT2D eigenvalue weighted by atomic mass is 9.90. The highest BCUT2D eigenvalue weighted by molar-refractivity contribution is 5.76. The lowest BCUT2D eigenvalue weighted by Crippen LogP contribution is -2.45. The van der Waals surface area contributed by atoms with Crippen molar-refractivity contribution in [1.82, 2.24) is 10.2 Å². The molecule has 1 aliphatic rings. The third-order valence-electron chi connectivity index (χ3n) is 3.83. The smallest absolute Gasteiger partial charge is 0.224 e. The second-order valence-corrected chi connectivity index (χ2v) is 5.34. The maximum Gasteiger partial charge on any atom is 0.224 e. The molecule has 4 heteroatoms. The van der Waals surface area contributed by atoms with Gasteiger partial charge in [-0.05, 0) is 31.7 Å². The number of carbonyl (C=O) groups is 1. The summed E-state index contributed by atoms with van der Waals surface area (Å²) < 4.78 is 0. The SMILES string of the molecule is CCCCN(CCO)C(=O)CC1NCCCC1C. The van der Waals surface area contributed by atoms with E-state index in [0.717, 1.165) is 25.9 Å². The molecule has 1 amide bonds. The van der Waals surface area contributed by atoms with E-state index in [9.17, 15) is 4.79 Å². The minimum Gasteiger partial charge on any atom is -0.395 e. The van der Waals surface area contributed by atoms with E-state index in [1.165, 1.54) is 12.8 Å². The Morgan fingerprint density at radius 3 is 2.83 bits per heavy atom. The number of hydrogen-bond donors (Lipinski definition) is 2. The van der Waals surface area contributed by atoms with Crippen LogP contribution in [0.15, 0.2) is 0 Å². The van der Waals surface area contributed by atoms with Crippen LogP contribution in [0, 0.1) is 5.92 Å². The van der Waals surface area contributed by atoms with Gasteiger partial charge in [0.2, 0.25) is 5.91 Å². The molecule has 1 fully saturated rings. The highest BCUT2D eigenvalue weighted by Crippen LogP contribution is 2.18. The number of nitrogens with one attached hydrogen (secondary N) is 1. The topological polar surface area (TPSA) is 52.6 Å². The number of amides is 1. The minimum absolute atomic E-state index is 0.0586. The molecule has 1 heterocycles. The van der Waals surface area contributed by atoms with Crippen LogP contribution in [-0.4, -0.2) is 48.2 Å². The zero-order valence-electron chi connectivity index (χ0n) is 11.8. The lowest BCUT2D eigenvalue weighted by molar-refractivity contribution is -0.132. The van der Waals surface area contributed by atoms with Crippen molar-refractivity contribution in [3.63, 3.8) is 0 Å². The fraction of sp³-hybridized carbons (Fsp3) is 0.929. The van der Waals surface area contributed by atoms with Crippen LogP contribution < -0.4 is 5.32 Å². The van der Waals surface area contributed by atoms with Crippen LogP contribution in [0.4, 0.5) is 0 Å². The van der Waals surface area contributed by atoms with Gasteiger partial charge in [0.15, 0.2) is 0 Å². The van der Waals surface area contributed by atoms with E-state index in [1.54, 1.807) is 0 Å². The molecule has 18 heavy (non-hydrogen) atoms. The summed E-state index contributed by atoms with van der Waals surface area (Å²) in [5.74, 6) is 0.758. The summed E-state index contributed by atoms with van der Waals surface area (Å²) in [6.07, 6.45) is 5.08. The average molecular weight is 256 g/mol. The van der Waals surface area contributed by atoms with Gasteiger partial charge in [-0.15, -0.1) is 0 Å². The molecule has 106 valence electrons. The first kappa shape index (κ1) is 15.4. The fourth-order valence-corrected chi connectivity index (χ4v) is 2.54. The highest BCUT2D eigenvalue weighted by atomic mass is 16.3. The Morgan fingerprint density at radius 1 is 1.44 bits per heavy atom. The largest absolute Gasteiger partial charge is 0.395 e. The van der Waals surface area contributed by atoms with Crippen molar-refractivity contribution in [1.29, 1.82) is 0 Å². The molecule has 1 rings (SSSR count). The highest BCUT2D eigenvalue weighted by Gasteiger charge is 2.25. The zero-order chi connectivity index (χ0) is 13.4. The second-order valence-electron chi connectivity index (χ2n) is 5.34. The molecule has 2 N–H and O–H groups in total. The molecule has 0 bridgehead atoms. The zero-order valence-corrected chi connectivity index (χ0v) is 11.8. The summed E-state index contributed by atoms with van der Waals surface area (Å²) in [6, 6.07) is 0.314. The number of hydrogen-bond acceptors (Lipinski definition) is 3. The Labute approximate surface area is 111 Å². The monoisotopic (exact) mass is 256 g/mol. The molecule has 0 aromatic rings. The Balaban J connectivity index is 2.43. The van der Waals surface area contributed by atoms with Gasteiger partial charge in [-0.2, -0.15) is 0 Å². The molecule has 2 unspecified atom stereocenters. The first-order valence-electron chi connectivity index (χ1n) is 7.31. The van der Waals surface area contributed by atoms with Gasteiger partial charge in [0.1, 0.15) is 0 Å². The number of aliphatic hydroxyl groups excluding tert-OH is 1. The summed E-state index contributed by atoms with van der Waals surface area (Å²) in [5.41, 5.74) is 0. The quantitative estimate of drug-likeness (QED) is 0.723. The van der Waals surface area contributed by atoms with Crippen LogP contribution in [0.2, 0.25) is 0 Å². The Kier molecular flexibility index (Phi) is 7.28. The first-order chi connectivity index (χ1) is 8.69. The Hall–Kier alpha value is -0.610. The normalized spacial score (nSPS) is 23.9. The van der Waals surface area contributed by atoms with Crippen LogP contribution in [0.1, 0.15) is 46.0 Å². The van der Waals surface area contributed by atoms with Crippen molar-refractivity contribution in [2.45, 2.75) is 52.0 Å². The van der Waals surface area contributed by atoms with Crippen molar-refractivity contribution in [2.75, 3.05) is 26.2 Å². The number of rotatable bonds is 7. The number of piperidine rings is 1. The van der Waals surface area contributed by atoms with Gasteiger partial charge < -0.3 is 15.3 Å². The van der Waals surface area contributed by atoms with Gasteiger partial charge >= 0.3 is 0 Å². The molecule has 1 aliphatic heterocycles. The van der Waals surface area contributed by atoms with E-state index in [2.05, 4.69) is 19.2 Å². The standard InChI is InChI=1S/C14H28N2O2/c1-3-4-8-16(9-10-17)14(18)11-13-12(2)6-5-7-15-13/h12-13,15,17H,3-11H2,1-2H3. The van der Waals surface area contributed by atoms with Crippen LogP contribution in [-0.2, 0) is 4.79 Å². The summed E-state index contributed by atoms with van der Waals surface area (Å²) in [5, 5.41) is 12.5. The van der Waals surface area contributed by atoms with E-state index in [0.29, 0.717) is 24.9 Å². The average Bonchev–Trinajstić information content (AvgIpc) is 2.37. The molecule has 2 atom stereocenters. The van der Waals surface area contributed by atoms with Gasteiger partial charge in [0.05, 0.1) is 6.61 Å².